The monoisotopic (exact) mass is 247 g/mol. The third kappa shape index (κ3) is 3.45. The number of carbonyl (C=O) groups excluding carboxylic acids is 1. The van der Waals surface area contributed by atoms with Crippen molar-refractivity contribution in [3.05, 3.63) is 35.4 Å². The zero-order valence-corrected chi connectivity index (χ0v) is 9.55. The van der Waals surface area contributed by atoms with E-state index in [1.807, 2.05) is 0 Å². The normalized spacial score (nSPS) is 10.6. The summed E-state index contributed by atoms with van der Waals surface area (Å²) in [5.41, 5.74) is 1.27. The molecule has 88 valence electrons. The quantitative estimate of drug-likeness (QED) is 0.750. The van der Waals surface area contributed by atoms with Crippen LogP contribution in [0.2, 0.25) is 0 Å². The van der Waals surface area contributed by atoms with Gasteiger partial charge < -0.3 is 4.90 Å². The molecule has 0 atom stereocenters. The van der Waals surface area contributed by atoms with Crippen molar-refractivity contribution < 1.29 is 13.6 Å². The number of amides is 1. The Morgan fingerprint density at radius 1 is 1.38 bits per heavy atom. The summed E-state index contributed by atoms with van der Waals surface area (Å²) in [6.45, 7) is -0.559. The second kappa shape index (κ2) is 5.80. The smallest absolute Gasteiger partial charge is 0.255 e. The first-order valence-electron chi connectivity index (χ1n) is 4.73. The van der Waals surface area contributed by atoms with Gasteiger partial charge in [-0.05, 0) is 17.7 Å². The SMILES string of the molecule is CN(CC(F)F)C(=O)c1ccc(CCl)cc1. The summed E-state index contributed by atoms with van der Waals surface area (Å²) in [5, 5.41) is 0. The molecule has 0 radical (unpaired) electrons. The van der Waals surface area contributed by atoms with Crippen molar-refractivity contribution in [2.45, 2.75) is 12.3 Å². The molecule has 0 N–H and O–H groups in total. The predicted octanol–water partition coefficient (Wildman–Crippen LogP) is 2.76. The van der Waals surface area contributed by atoms with Crippen LogP contribution in [0.25, 0.3) is 0 Å². The summed E-state index contributed by atoms with van der Waals surface area (Å²) in [5.74, 6) is -0.0529. The van der Waals surface area contributed by atoms with Gasteiger partial charge in [-0.25, -0.2) is 8.78 Å². The van der Waals surface area contributed by atoms with Crippen LogP contribution in [0.15, 0.2) is 24.3 Å². The molecular weight excluding hydrogens is 236 g/mol. The lowest BCUT2D eigenvalue weighted by atomic mass is 10.1. The van der Waals surface area contributed by atoms with Gasteiger partial charge >= 0.3 is 0 Å². The Hall–Kier alpha value is -1.16. The van der Waals surface area contributed by atoms with Crippen LogP contribution in [0, 0.1) is 0 Å². The molecule has 1 aromatic rings. The van der Waals surface area contributed by atoms with Crippen molar-refractivity contribution in [3.63, 3.8) is 0 Å². The molecule has 0 aromatic heterocycles. The van der Waals surface area contributed by atoms with E-state index in [2.05, 4.69) is 0 Å². The van der Waals surface area contributed by atoms with Crippen molar-refractivity contribution in [1.82, 2.24) is 4.90 Å². The van der Waals surface area contributed by atoms with Gasteiger partial charge in [-0.15, -0.1) is 11.6 Å². The fourth-order valence-electron chi connectivity index (χ4n) is 1.25. The third-order valence-electron chi connectivity index (χ3n) is 2.11. The summed E-state index contributed by atoms with van der Waals surface area (Å²) in [4.78, 5) is 12.6. The molecule has 1 aromatic carbocycles. The van der Waals surface area contributed by atoms with E-state index >= 15 is 0 Å². The molecule has 5 heteroatoms. The average molecular weight is 248 g/mol. The Balaban J connectivity index is 2.72. The zero-order chi connectivity index (χ0) is 12.1. The first kappa shape index (κ1) is 12.9. The Labute approximate surface area is 97.8 Å². The van der Waals surface area contributed by atoms with Crippen LogP contribution in [-0.4, -0.2) is 30.8 Å². The molecule has 1 rings (SSSR count). The Morgan fingerprint density at radius 2 is 1.94 bits per heavy atom. The van der Waals surface area contributed by atoms with E-state index in [1.165, 1.54) is 7.05 Å². The number of hydrogen-bond donors (Lipinski definition) is 0. The first-order chi connectivity index (χ1) is 7.54. The number of alkyl halides is 3. The van der Waals surface area contributed by atoms with E-state index in [0.29, 0.717) is 11.4 Å². The lowest BCUT2D eigenvalue weighted by molar-refractivity contribution is 0.0620. The molecule has 0 bridgehead atoms. The van der Waals surface area contributed by atoms with Crippen LogP contribution in [-0.2, 0) is 5.88 Å². The van der Waals surface area contributed by atoms with Gasteiger partial charge in [0.15, 0.2) is 0 Å². The van der Waals surface area contributed by atoms with E-state index in [4.69, 9.17) is 11.6 Å². The van der Waals surface area contributed by atoms with Gasteiger partial charge in [-0.2, -0.15) is 0 Å². The number of carbonyl (C=O) groups is 1. The predicted molar refractivity (Wildman–Crippen MR) is 59.0 cm³/mol. The first-order valence-corrected chi connectivity index (χ1v) is 5.26. The highest BCUT2D eigenvalue weighted by Gasteiger charge is 2.15. The number of hydrogen-bond acceptors (Lipinski definition) is 1. The number of halogens is 3. The van der Waals surface area contributed by atoms with Crippen LogP contribution in [0.4, 0.5) is 8.78 Å². The average Bonchev–Trinajstić information content (AvgIpc) is 2.27. The van der Waals surface area contributed by atoms with Gasteiger partial charge in [0.2, 0.25) is 0 Å². The molecule has 0 heterocycles. The summed E-state index contributed by atoms with van der Waals surface area (Å²) >= 11 is 5.60. The molecule has 0 aliphatic carbocycles. The highest BCUT2D eigenvalue weighted by Crippen LogP contribution is 2.09. The summed E-state index contributed by atoms with van der Waals surface area (Å²) in [6, 6.07) is 6.58. The lowest BCUT2D eigenvalue weighted by Gasteiger charge is -2.16. The largest absolute Gasteiger partial charge is 0.336 e. The van der Waals surface area contributed by atoms with Crippen molar-refractivity contribution >= 4 is 17.5 Å². The molecule has 0 aliphatic rings. The van der Waals surface area contributed by atoms with Crippen LogP contribution in [0.1, 0.15) is 15.9 Å². The van der Waals surface area contributed by atoms with Gasteiger partial charge in [0.05, 0.1) is 6.54 Å². The molecule has 1 amide bonds. The highest BCUT2D eigenvalue weighted by molar-refractivity contribution is 6.17. The Kier molecular flexibility index (Phi) is 4.68. The third-order valence-corrected chi connectivity index (χ3v) is 2.42. The standard InChI is InChI=1S/C11H12ClF2NO/c1-15(7-10(13)14)11(16)9-4-2-8(6-12)3-5-9/h2-5,10H,6-7H2,1H3. The molecule has 0 saturated carbocycles. The fraction of sp³-hybridized carbons (Fsp3) is 0.364. The van der Waals surface area contributed by atoms with E-state index in [-0.39, 0.29) is 0 Å². The minimum atomic E-state index is -2.52. The van der Waals surface area contributed by atoms with Gasteiger partial charge in [0.1, 0.15) is 0 Å². The minimum Gasteiger partial charge on any atom is -0.336 e. The molecular formula is C11H12ClF2NO. The van der Waals surface area contributed by atoms with Gasteiger partial charge in [0.25, 0.3) is 12.3 Å². The number of nitrogens with zero attached hydrogens (tertiary/aromatic N) is 1. The minimum absolute atomic E-state index is 0.362. The van der Waals surface area contributed by atoms with E-state index in [9.17, 15) is 13.6 Å². The molecule has 16 heavy (non-hydrogen) atoms. The molecule has 0 spiro atoms. The number of rotatable bonds is 4. The van der Waals surface area contributed by atoms with E-state index in [1.54, 1.807) is 24.3 Å². The zero-order valence-electron chi connectivity index (χ0n) is 8.79. The summed E-state index contributed by atoms with van der Waals surface area (Å²) < 4.78 is 24.1. The second-order valence-electron chi connectivity index (χ2n) is 3.41. The van der Waals surface area contributed by atoms with E-state index < -0.39 is 18.9 Å². The highest BCUT2D eigenvalue weighted by atomic mass is 35.5. The maximum Gasteiger partial charge on any atom is 0.255 e. The van der Waals surface area contributed by atoms with Crippen molar-refractivity contribution in [3.8, 4) is 0 Å². The van der Waals surface area contributed by atoms with Crippen LogP contribution in [0.3, 0.4) is 0 Å². The van der Waals surface area contributed by atoms with Gasteiger partial charge in [0, 0.05) is 18.5 Å². The molecule has 0 unspecified atom stereocenters. The van der Waals surface area contributed by atoms with Crippen LogP contribution >= 0.6 is 11.6 Å². The van der Waals surface area contributed by atoms with Gasteiger partial charge in [-0.3, -0.25) is 4.79 Å². The van der Waals surface area contributed by atoms with Crippen molar-refractivity contribution in [2.24, 2.45) is 0 Å². The Bertz CT molecular complexity index is 354. The number of benzene rings is 1. The molecule has 0 saturated heterocycles. The van der Waals surface area contributed by atoms with Gasteiger partial charge in [-0.1, -0.05) is 12.1 Å². The van der Waals surface area contributed by atoms with Crippen LogP contribution in [0.5, 0.6) is 0 Å². The maximum atomic E-state index is 12.1. The fourth-order valence-corrected chi connectivity index (χ4v) is 1.42. The molecule has 2 nitrogen and oxygen atoms in total. The topological polar surface area (TPSA) is 20.3 Å². The summed E-state index contributed by atoms with van der Waals surface area (Å²) in [6.07, 6.45) is -2.52. The lowest BCUT2D eigenvalue weighted by Crippen LogP contribution is -2.31. The summed E-state index contributed by atoms with van der Waals surface area (Å²) in [7, 11) is 1.35. The van der Waals surface area contributed by atoms with Crippen LogP contribution < -0.4 is 0 Å². The molecule has 0 aliphatic heterocycles. The maximum absolute atomic E-state index is 12.1. The van der Waals surface area contributed by atoms with Crippen molar-refractivity contribution in [2.75, 3.05) is 13.6 Å². The second-order valence-corrected chi connectivity index (χ2v) is 3.67. The Morgan fingerprint density at radius 3 is 2.38 bits per heavy atom. The van der Waals surface area contributed by atoms with Crippen molar-refractivity contribution in [1.29, 1.82) is 0 Å². The molecule has 0 fully saturated rings. The van der Waals surface area contributed by atoms with E-state index in [0.717, 1.165) is 10.5 Å².